The molecule has 42 heavy (non-hydrogen) atoms. The minimum atomic E-state index is -3.47. The lowest BCUT2D eigenvalue weighted by atomic mass is 9.96. The van der Waals surface area contributed by atoms with Crippen LogP contribution in [0.3, 0.4) is 0 Å². The third-order valence-electron chi connectivity index (χ3n) is 8.47. The van der Waals surface area contributed by atoms with Gasteiger partial charge in [-0.2, -0.15) is 0 Å². The second-order valence-electron chi connectivity index (χ2n) is 10.8. The van der Waals surface area contributed by atoms with Crippen molar-refractivity contribution in [1.82, 2.24) is 0 Å². The van der Waals surface area contributed by atoms with Gasteiger partial charge in [0.1, 0.15) is 28.3 Å². The highest BCUT2D eigenvalue weighted by molar-refractivity contribution is 7.86. The maximum absolute atomic E-state index is 16.2. The van der Waals surface area contributed by atoms with Crippen LogP contribution in [0.15, 0.2) is 140 Å². The Morgan fingerprint density at radius 2 is 0.881 bits per heavy atom. The van der Waals surface area contributed by atoms with Crippen LogP contribution in [0.25, 0.3) is 43.8 Å². The summed E-state index contributed by atoms with van der Waals surface area (Å²) in [6.45, 7) is 0. The lowest BCUT2D eigenvalue weighted by Gasteiger charge is -2.36. The minimum absolute atomic E-state index is 0.580. The van der Waals surface area contributed by atoms with Gasteiger partial charge in [0, 0.05) is 11.1 Å². The molecule has 0 fully saturated rings. The van der Waals surface area contributed by atoms with Gasteiger partial charge < -0.3 is 14.0 Å². The Hall–Kier alpha value is -5.11. The summed E-state index contributed by atoms with van der Waals surface area (Å²) in [7, 11) is -3.47. The van der Waals surface area contributed by atoms with E-state index < -0.39 is 7.14 Å². The molecule has 7 aromatic rings. The Kier molecular flexibility index (Phi) is 4.88. The smallest absolute Gasteiger partial charge is 0.185 e. The van der Waals surface area contributed by atoms with E-state index in [0.29, 0.717) is 38.9 Å². The number of rotatable bonds is 2. The van der Waals surface area contributed by atoms with Crippen molar-refractivity contribution in [1.29, 1.82) is 0 Å². The second-order valence-corrected chi connectivity index (χ2v) is 13.4. The van der Waals surface area contributed by atoms with E-state index in [-0.39, 0.29) is 0 Å². The predicted molar refractivity (Wildman–Crippen MR) is 172 cm³/mol. The van der Waals surface area contributed by atoms with Gasteiger partial charge in [-0.1, -0.05) is 115 Å². The van der Waals surface area contributed by atoms with Crippen LogP contribution in [0.5, 0.6) is 23.0 Å². The Labute approximate surface area is 243 Å². The van der Waals surface area contributed by atoms with E-state index in [4.69, 9.17) is 9.47 Å². The van der Waals surface area contributed by atoms with Gasteiger partial charge in [0.2, 0.25) is 0 Å². The molecule has 2 heterocycles. The predicted octanol–water partition coefficient (Wildman–Crippen LogP) is 9.18. The molecule has 0 N–H and O–H groups in total. The minimum Gasteiger partial charge on any atom is -0.455 e. The van der Waals surface area contributed by atoms with Crippen LogP contribution in [-0.2, 0) is 4.57 Å². The maximum Gasteiger partial charge on any atom is 0.185 e. The average molecular weight is 559 g/mol. The molecule has 198 valence electrons. The molecule has 0 aromatic heterocycles. The fraction of sp³-hybridized carbons (Fsp3) is 0. The largest absolute Gasteiger partial charge is 0.455 e. The highest BCUT2D eigenvalue weighted by Crippen LogP contribution is 2.62. The van der Waals surface area contributed by atoms with Gasteiger partial charge >= 0.3 is 0 Å². The fourth-order valence-electron chi connectivity index (χ4n) is 6.65. The van der Waals surface area contributed by atoms with Crippen molar-refractivity contribution in [3.63, 3.8) is 0 Å². The molecule has 2 aliphatic rings. The Morgan fingerprint density at radius 1 is 0.452 bits per heavy atom. The van der Waals surface area contributed by atoms with Gasteiger partial charge in [0.05, 0.1) is 10.6 Å². The Balaban J connectivity index is 1.47. The van der Waals surface area contributed by atoms with E-state index in [9.17, 15) is 0 Å². The third kappa shape index (κ3) is 3.14. The van der Waals surface area contributed by atoms with Gasteiger partial charge in [0.25, 0.3) is 0 Å². The summed E-state index contributed by atoms with van der Waals surface area (Å²) >= 11 is 0. The first-order chi connectivity index (χ1) is 20.7. The maximum atomic E-state index is 16.2. The van der Waals surface area contributed by atoms with Crippen LogP contribution in [-0.4, -0.2) is 0 Å². The normalized spacial score (nSPS) is 13.9. The summed E-state index contributed by atoms with van der Waals surface area (Å²) in [6, 6.07) is 46.9. The first kappa shape index (κ1) is 23.6. The topological polar surface area (TPSA) is 35.5 Å². The summed E-state index contributed by atoms with van der Waals surface area (Å²) in [5, 5.41) is 6.21. The average Bonchev–Trinajstić information content (AvgIpc) is 3.04. The molecular formula is C38H23O3P. The number of benzene rings is 7. The fourth-order valence-corrected chi connectivity index (χ4v) is 9.78. The molecule has 4 heteroatoms. The zero-order chi connectivity index (χ0) is 27.8. The van der Waals surface area contributed by atoms with Gasteiger partial charge in [-0.05, 0) is 56.9 Å². The molecule has 0 bridgehead atoms. The summed E-state index contributed by atoms with van der Waals surface area (Å²) in [4.78, 5) is 0. The van der Waals surface area contributed by atoms with Gasteiger partial charge in [-0.25, -0.2) is 0 Å². The number of hydrogen-bond donors (Lipinski definition) is 0. The summed E-state index contributed by atoms with van der Waals surface area (Å²) in [5.74, 6) is 2.46. The van der Waals surface area contributed by atoms with E-state index in [1.165, 1.54) is 0 Å². The Bertz CT molecular complexity index is 2120. The van der Waals surface area contributed by atoms with Crippen LogP contribution in [0.2, 0.25) is 0 Å². The number of ether oxygens (including phenoxy) is 2. The first-order valence-corrected chi connectivity index (χ1v) is 15.8. The molecular weight excluding hydrogens is 535 g/mol. The molecule has 0 saturated heterocycles. The van der Waals surface area contributed by atoms with Crippen LogP contribution >= 0.6 is 7.14 Å². The van der Waals surface area contributed by atoms with Gasteiger partial charge in [-0.15, -0.1) is 0 Å². The quantitative estimate of drug-likeness (QED) is 0.199. The van der Waals surface area contributed by atoms with Crippen molar-refractivity contribution in [2.45, 2.75) is 0 Å². The van der Waals surface area contributed by atoms with E-state index in [1.54, 1.807) is 0 Å². The van der Waals surface area contributed by atoms with Crippen molar-refractivity contribution in [3.05, 3.63) is 140 Å². The second kappa shape index (κ2) is 8.69. The molecule has 0 saturated carbocycles. The van der Waals surface area contributed by atoms with Crippen LogP contribution < -0.4 is 25.4 Å². The van der Waals surface area contributed by atoms with Crippen molar-refractivity contribution in [2.24, 2.45) is 0 Å². The molecule has 3 nitrogen and oxygen atoms in total. The molecule has 0 amide bonds. The lowest BCUT2D eigenvalue weighted by Crippen LogP contribution is -2.35. The van der Waals surface area contributed by atoms with Crippen LogP contribution in [0, 0.1) is 0 Å². The van der Waals surface area contributed by atoms with Crippen molar-refractivity contribution < 1.29 is 14.0 Å². The SMILES string of the molecule is O=P12c3cc4ccccc4c(-c4ccccc4)c3Oc3cccc(c31)Oc1c2cc2ccccc2c1-c1ccccc1. The van der Waals surface area contributed by atoms with Crippen molar-refractivity contribution in [2.75, 3.05) is 0 Å². The number of hydrogen-bond acceptors (Lipinski definition) is 3. The molecule has 9 rings (SSSR count). The monoisotopic (exact) mass is 558 g/mol. The van der Waals surface area contributed by atoms with E-state index in [0.717, 1.165) is 43.8 Å². The standard InChI is InChI=1S/C38H23O3P/c39-42-32-22-26-16-7-9-18-28(26)34(24-12-3-1-4-13-24)36(32)40-30-20-11-21-31(38(30)42)41-37-33(42)23-27-17-8-10-19-29(27)35(37)25-14-5-2-6-15-25/h1-23H. The molecule has 0 aliphatic carbocycles. The molecule has 7 aromatic carbocycles. The van der Waals surface area contributed by atoms with E-state index >= 15 is 4.57 Å². The summed E-state index contributed by atoms with van der Waals surface area (Å²) in [6.07, 6.45) is 0. The zero-order valence-corrected chi connectivity index (χ0v) is 23.3. The molecule has 0 unspecified atom stereocenters. The summed E-state index contributed by atoms with van der Waals surface area (Å²) < 4.78 is 29.7. The molecule has 0 radical (unpaired) electrons. The summed E-state index contributed by atoms with van der Waals surface area (Å²) in [5.41, 5.74) is 3.95. The highest BCUT2D eigenvalue weighted by Gasteiger charge is 2.48. The first-order valence-electron chi connectivity index (χ1n) is 14.0. The Morgan fingerprint density at radius 3 is 1.36 bits per heavy atom. The molecule has 0 spiro atoms. The third-order valence-corrected chi connectivity index (χ3v) is 11.6. The number of fused-ring (bicyclic) bond motifs is 6. The van der Waals surface area contributed by atoms with Crippen LogP contribution in [0.4, 0.5) is 0 Å². The van der Waals surface area contributed by atoms with Crippen molar-refractivity contribution >= 4 is 44.6 Å². The zero-order valence-electron chi connectivity index (χ0n) is 22.5. The molecule has 0 atom stereocenters. The highest BCUT2D eigenvalue weighted by atomic mass is 31.2. The van der Waals surface area contributed by atoms with Gasteiger partial charge in [0.15, 0.2) is 7.14 Å². The lowest BCUT2D eigenvalue weighted by molar-refractivity contribution is 0.464. The van der Waals surface area contributed by atoms with Crippen LogP contribution in [0.1, 0.15) is 0 Å². The van der Waals surface area contributed by atoms with E-state index in [2.05, 4.69) is 60.7 Å². The van der Waals surface area contributed by atoms with Gasteiger partial charge in [-0.3, -0.25) is 0 Å². The molecule has 2 aliphatic heterocycles. The van der Waals surface area contributed by atoms with Crippen molar-refractivity contribution in [3.8, 4) is 45.3 Å². The van der Waals surface area contributed by atoms with E-state index in [1.807, 2.05) is 78.9 Å².